The molecule has 27 heavy (non-hydrogen) atoms. The molecule has 0 saturated carbocycles. The number of nitrogen functional groups attached to an aromatic ring is 1. The molecule has 0 spiro atoms. The van der Waals surface area contributed by atoms with E-state index in [4.69, 9.17) is 5.73 Å². The van der Waals surface area contributed by atoms with E-state index in [1.807, 2.05) is 19.9 Å². The number of nitrogens with zero attached hydrogens (tertiary/aromatic N) is 4. The molecule has 0 atom stereocenters. The third-order valence-electron chi connectivity index (χ3n) is 4.31. The number of nitrogens with two attached hydrogens (primary N) is 1. The van der Waals surface area contributed by atoms with Crippen LogP contribution in [0.3, 0.4) is 0 Å². The normalized spacial score (nSPS) is 10.8. The van der Waals surface area contributed by atoms with Crippen LogP contribution in [0.15, 0.2) is 24.3 Å². The number of aryl methyl sites for hydroxylation is 2. The van der Waals surface area contributed by atoms with Gasteiger partial charge in [-0.05, 0) is 31.5 Å². The summed E-state index contributed by atoms with van der Waals surface area (Å²) >= 11 is 0. The zero-order valence-electron chi connectivity index (χ0n) is 15.4. The predicted molar refractivity (Wildman–Crippen MR) is 100 cm³/mol. The Morgan fingerprint density at radius 1 is 1.22 bits per heavy atom. The summed E-state index contributed by atoms with van der Waals surface area (Å²) in [4.78, 5) is 32.5. The Labute approximate surface area is 156 Å². The molecule has 140 valence electrons. The van der Waals surface area contributed by atoms with Crippen LogP contribution in [0.4, 0.5) is 5.95 Å². The summed E-state index contributed by atoms with van der Waals surface area (Å²) in [6.45, 7) is 4.01. The summed E-state index contributed by atoms with van der Waals surface area (Å²) in [6, 6.07) is 7.12. The molecular formula is C18H21N7O2. The van der Waals surface area contributed by atoms with E-state index in [0.29, 0.717) is 23.6 Å². The molecule has 2 aromatic heterocycles. The van der Waals surface area contributed by atoms with E-state index < -0.39 is 0 Å². The van der Waals surface area contributed by atoms with Crippen LogP contribution in [-0.4, -0.2) is 38.4 Å². The number of hydrogen-bond acceptors (Lipinski definition) is 6. The van der Waals surface area contributed by atoms with Gasteiger partial charge in [0.2, 0.25) is 11.9 Å². The van der Waals surface area contributed by atoms with E-state index in [9.17, 15) is 9.59 Å². The van der Waals surface area contributed by atoms with Gasteiger partial charge < -0.3 is 16.4 Å². The van der Waals surface area contributed by atoms with Crippen molar-refractivity contribution >= 4 is 23.5 Å². The molecule has 0 radical (unpaired) electrons. The van der Waals surface area contributed by atoms with Gasteiger partial charge in [-0.25, -0.2) is 4.98 Å². The van der Waals surface area contributed by atoms with Crippen molar-refractivity contribution in [3.05, 3.63) is 52.3 Å². The van der Waals surface area contributed by atoms with Crippen molar-refractivity contribution in [1.29, 1.82) is 0 Å². The Balaban J connectivity index is 1.71. The van der Waals surface area contributed by atoms with E-state index in [1.165, 1.54) is 4.52 Å². The van der Waals surface area contributed by atoms with Crippen molar-refractivity contribution in [3.8, 4) is 0 Å². The highest BCUT2D eigenvalue weighted by atomic mass is 16.2. The molecule has 3 aromatic rings. The summed E-state index contributed by atoms with van der Waals surface area (Å²) in [7, 11) is 1.58. The topological polar surface area (TPSA) is 127 Å². The Morgan fingerprint density at radius 3 is 2.74 bits per heavy atom. The first kappa shape index (κ1) is 18.3. The van der Waals surface area contributed by atoms with Crippen LogP contribution in [0.5, 0.6) is 0 Å². The number of aromatic nitrogens is 4. The smallest absolute Gasteiger partial charge is 0.254 e. The second-order valence-electron chi connectivity index (χ2n) is 6.18. The van der Waals surface area contributed by atoms with Gasteiger partial charge in [-0.15, -0.1) is 5.10 Å². The summed E-state index contributed by atoms with van der Waals surface area (Å²) in [5.74, 6) is 0.238. The number of amides is 2. The summed E-state index contributed by atoms with van der Waals surface area (Å²) in [6.07, 6.45) is 0.162. The third kappa shape index (κ3) is 3.86. The molecule has 2 amide bonds. The Morgan fingerprint density at radius 2 is 2.00 bits per heavy atom. The lowest BCUT2D eigenvalue weighted by Gasteiger charge is -2.11. The molecule has 0 unspecified atom stereocenters. The first-order valence-corrected chi connectivity index (χ1v) is 8.45. The van der Waals surface area contributed by atoms with Crippen LogP contribution in [0.1, 0.15) is 32.9 Å². The lowest BCUT2D eigenvalue weighted by molar-refractivity contribution is -0.120. The fourth-order valence-electron chi connectivity index (χ4n) is 2.87. The second-order valence-corrected chi connectivity index (χ2v) is 6.18. The third-order valence-corrected chi connectivity index (χ3v) is 4.31. The van der Waals surface area contributed by atoms with E-state index in [-0.39, 0.29) is 24.2 Å². The fraction of sp³-hybridized carbons (Fsp3) is 0.278. The molecule has 0 aliphatic heterocycles. The Kier molecular flexibility index (Phi) is 5.02. The van der Waals surface area contributed by atoms with Gasteiger partial charge >= 0.3 is 0 Å². The minimum atomic E-state index is -0.166. The number of carbonyl (C=O) groups excluding carboxylic acids is 2. The fourth-order valence-corrected chi connectivity index (χ4v) is 2.87. The van der Waals surface area contributed by atoms with Crippen molar-refractivity contribution < 1.29 is 9.59 Å². The Bertz CT molecular complexity index is 1030. The van der Waals surface area contributed by atoms with E-state index in [2.05, 4.69) is 25.7 Å². The lowest BCUT2D eigenvalue weighted by Crippen LogP contribution is -2.26. The van der Waals surface area contributed by atoms with Gasteiger partial charge in [0.05, 0.1) is 6.42 Å². The number of rotatable bonds is 5. The summed E-state index contributed by atoms with van der Waals surface area (Å²) in [5, 5.41) is 9.55. The zero-order chi connectivity index (χ0) is 19.6. The SMILES string of the molecule is CNC(=O)c1cccc(CNC(=O)Cc2c(C)nc3nc(N)nn3c2C)c1. The average Bonchev–Trinajstić information content (AvgIpc) is 3.03. The minimum Gasteiger partial charge on any atom is -0.366 e. The largest absolute Gasteiger partial charge is 0.366 e. The molecule has 1 aromatic carbocycles. The number of benzene rings is 1. The average molecular weight is 367 g/mol. The highest BCUT2D eigenvalue weighted by molar-refractivity contribution is 5.94. The standard InChI is InChI=1S/C18H21N7O2/c1-10-14(11(2)25-18(22-10)23-17(19)24-25)8-15(26)21-9-12-5-4-6-13(7-12)16(27)20-3/h4-7H,8-9H2,1-3H3,(H2,19,24)(H,20,27)(H,21,26). The first-order valence-electron chi connectivity index (χ1n) is 8.45. The highest BCUT2D eigenvalue weighted by Crippen LogP contribution is 2.15. The van der Waals surface area contributed by atoms with Gasteiger partial charge in [0.1, 0.15) is 0 Å². The molecule has 9 heteroatoms. The van der Waals surface area contributed by atoms with Crippen molar-refractivity contribution in [2.45, 2.75) is 26.8 Å². The van der Waals surface area contributed by atoms with Gasteiger partial charge in [0, 0.05) is 36.1 Å². The van der Waals surface area contributed by atoms with Crippen LogP contribution in [0.2, 0.25) is 0 Å². The maximum absolute atomic E-state index is 12.4. The van der Waals surface area contributed by atoms with Gasteiger partial charge in [0.25, 0.3) is 11.7 Å². The number of carbonyl (C=O) groups is 2. The van der Waals surface area contributed by atoms with E-state index >= 15 is 0 Å². The van der Waals surface area contributed by atoms with Crippen molar-refractivity contribution in [3.63, 3.8) is 0 Å². The monoisotopic (exact) mass is 367 g/mol. The molecule has 0 saturated heterocycles. The van der Waals surface area contributed by atoms with Gasteiger partial charge in [-0.3, -0.25) is 9.59 Å². The minimum absolute atomic E-state index is 0.141. The molecule has 0 fully saturated rings. The van der Waals surface area contributed by atoms with Gasteiger partial charge in [0.15, 0.2) is 0 Å². The quantitative estimate of drug-likeness (QED) is 0.604. The van der Waals surface area contributed by atoms with Crippen LogP contribution in [0, 0.1) is 13.8 Å². The number of hydrogen-bond donors (Lipinski definition) is 3. The highest BCUT2D eigenvalue weighted by Gasteiger charge is 2.15. The number of fused-ring (bicyclic) bond motifs is 1. The second kappa shape index (κ2) is 7.40. The molecule has 2 heterocycles. The van der Waals surface area contributed by atoms with Gasteiger partial charge in [-0.2, -0.15) is 9.50 Å². The Hall–Kier alpha value is -3.49. The zero-order valence-corrected chi connectivity index (χ0v) is 15.4. The number of nitrogens with one attached hydrogen (secondary N) is 2. The molecular weight excluding hydrogens is 346 g/mol. The van der Waals surface area contributed by atoms with Crippen LogP contribution in [0.25, 0.3) is 5.78 Å². The van der Waals surface area contributed by atoms with Crippen molar-refractivity contribution in [1.82, 2.24) is 30.2 Å². The molecule has 3 rings (SSSR count). The predicted octanol–water partition coefficient (Wildman–Crippen LogP) is 0.542. The maximum Gasteiger partial charge on any atom is 0.254 e. The molecule has 0 bridgehead atoms. The molecule has 0 aliphatic rings. The molecule has 9 nitrogen and oxygen atoms in total. The van der Waals surface area contributed by atoms with E-state index in [1.54, 1.807) is 25.2 Å². The van der Waals surface area contributed by atoms with Crippen LogP contribution in [-0.2, 0) is 17.8 Å². The van der Waals surface area contributed by atoms with Crippen LogP contribution < -0.4 is 16.4 Å². The van der Waals surface area contributed by atoms with Crippen LogP contribution >= 0.6 is 0 Å². The lowest BCUT2D eigenvalue weighted by atomic mass is 10.1. The molecule has 4 N–H and O–H groups in total. The maximum atomic E-state index is 12.4. The van der Waals surface area contributed by atoms with Crippen molar-refractivity contribution in [2.75, 3.05) is 12.8 Å². The summed E-state index contributed by atoms with van der Waals surface area (Å²) in [5.41, 5.74) is 9.29. The molecule has 0 aliphatic carbocycles. The van der Waals surface area contributed by atoms with Crippen molar-refractivity contribution in [2.24, 2.45) is 0 Å². The first-order chi connectivity index (χ1) is 12.9. The summed E-state index contributed by atoms with van der Waals surface area (Å²) < 4.78 is 1.54. The van der Waals surface area contributed by atoms with Gasteiger partial charge in [-0.1, -0.05) is 12.1 Å². The number of anilines is 1. The van der Waals surface area contributed by atoms with E-state index in [0.717, 1.165) is 16.8 Å².